The summed E-state index contributed by atoms with van der Waals surface area (Å²) in [4.78, 5) is 2.42. The third-order valence-corrected chi connectivity index (χ3v) is 3.30. The number of likely N-dealkylation sites (N-methyl/N-ethyl adjacent to an activating group) is 1. The summed E-state index contributed by atoms with van der Waals surface area (Å²) < 4.78 is 0. The molecule has 3 heteroatoms. The Kier molecular flexibility index (Phi) is 3.62. The van der Waals surface area contributed by atoms with Crippen LogP contribution >= 0.6 is 11.6 Å². The Morgan fingerprint density at radius 1 is 1.33 bits per heavy atom. The fourth-order valence-corrected chi connectivity index (χ4v) is 1.85. The van der Waals surface area contributed by atoms with E-state index in [0.29, 0.717) is 0 Å². The summed E-state index contributed by atoms with van der Waals surface area (Å²) in [6, 6.07) is 8.87. The minimum Gasteiger partial charge on any atom is -0.314 e. The Hall–Kier alpha value is -0.570. The number of benzene rings is 1. The maximum Gasteiger partial charge on any atom is 0.0406 e. The van der Waals surface area contributed by atoms with E-state index < -0.39 is 0 Å². The van der Waals surface area contributed by atoms with Crippen molar-refractivity contribution in [1.82, 2.24) is 10.2 Å². The van der Waals surface area contributed by atoms with Crippen molar-refractivity contribution in [3.05, 3.63) is 34.9 Å². The van der Waals surface area contributed by atoms with Gasteiger partial charge >= 0.3 is 0 Å². The van der Waals surface area contributed by atoms with Crippen LogP contribution in [-0.4, -0.2) is 37.6 Å². The average Bonchev–Trinajstić information content (AvgIpc) is 2.14. The molecule has 0 saturated carbocycles. The largest absolute Gasteiger partial charge is 0.314 e. The van der Waals surface area contributed by atoms with Crippen molar-refractivity contribution in [2.24, 2.45) is 0 Å². The van der Waals surface area contributed by atoms with Gasteiger partial charge in [0.2, 0.25) is 0 Å². The van der Waals surface area contributed by atoms with Gasteiger partial charge < -0.3 is 10.2 Å². The summed E-state index contributed by atoms with van der Waals surface area (Å²) in [6.45, 7) is 3.39. The molecule has 1 N–H and O–H groups in total. The number of halogens is 1. The fourth-order valence-electron chi connectivity index (χ4n) is 1.72. The van der Waals surface area contributed by atoms with Gasteiger partial charge in [0.05, 0.1) is 0 Å². The van der Waals surface area contributed by atoms with Gasteiger partial charge in [0.25, 0.3) is 0 Å². The topological polar surface area (TPSA) is 15.3 Å². The Morgan fingerprint density at radius 2 is 2.00 bits per heavy atom. The molecule has 82 valence electrons. The van der Waals surface area contributed by atoms with Gasteiger partial charge in [-0.15, -0.1) is 0 Å². The van der Waals surface area contributed by atoms with Crippen LogP contribution in [0.2, 0.25) is 5.02 Å². The van der Waals surface area contributed by atoms with Gasteiger partial charge in [0.1, 0.15) is 0 Å². The summed E-state index contributed by atoms with van der Waals surface area (Å²) in [5, 5.41) is 4.10. The van der Waals surface area contributed by atoms with E-state index in [4.69, 9.17) is 11.6 Å². The van der Waals surface area contributed by atoms with Crippen LogP contribution in [0.1, 0.15) is 5.56 Å². The van der Waals surface area contributed by atoms with Crippen LogP contribution in [0.25, 0.3) is 0 Å². The minimum absolute atomic E-state index is 0.734. The Morgan fingerprint density at radius 3 is 2.53 bits per heavy atom. The molecule has 0 bridgehead atoms. The molecule has 0 spiro atoms. The summed E-state index contributed by atoms with van der Waals surface area (Å²) >= 11 is 5.84. The van der Waals surface area contributed by atoms with Crippen LogP contribution in [0, 0.1) is 0 Å². The van der Waals surface area contributed by atoms with E-state index in [1.165, 1.54) is 5.56 Å². The van der Waals surface area contributed by atoms with E-state index in [9.17, 15) is 0 Å². The first-order chi connectivity index (χ1) is 7.25. The predicted molar refractivity (Wildman–Crippen MR) is 64.4 cm³/mol. The number of hydrogen-bond donors (Lipinski definition) is 1. The van der Waals surface area contributed by atoms with Gasteiger partial charge in [0.15, 0.2) is 0 Å². The van der Waals surface area contributed by atoms with Gasteiger partial charge in [-0.25, -0.2) is 0 Å². The quantitative estimate of drug-likeness (QED) is 0.839. The molecular weight excluding hydrogens is 208 g/mol. The van der Waals surface area contributed by atoms with Crippen molar-refractivity contribution in [1.29, 1.82) is 0 Å². The highest BCUT2D eigenvalue weighted by atomic mass is 35.5. The summed E-state index contributed by atoms with van der Waals surface area (Å²) in [5.41, 5.74) is 1.36. The summed E-state index contributed by atoms with van der Waals surface area (Å²) in [7, 11) is 2.20. The van der Waals surface area contributed by atoms with Gasteiger partial charge in [0, 0.05) is 30.7 Å². The van der Waals surface area contributed by atoms with E-state index in [2.05, 4.69) is 29.4 Å². The minimum atomic E-state index is 0.734. The molecule has 0 aromatic heterocycles. The average molecular weight is 225 g/mol. The number of rotatable bonds is 4. The third kappa shape index (κ3) is 2.94. The summed E-state index contributed by atoms with van der Waals surface area (Å²) in [5.74, 6) is 0. The molecule has 1 saturated heterocycles. The van der Waals surface area contributed by atoms with Crippen LogP contribution < -0.4 is 5.32 Å². The third-order valence-electron chi connectivity index (χ3n) is 3.05. The zero-order chi connectivity index (χ0) is 10.7. The molecule has 2 rings (SSSR count). The first-order valence-corrected chi connectivity index (χ1v) is 5.79. The van der Waals surface area contributed by atoms with Crippen molar-refractivity contribution < 1.29 is 0 Å². The van der Waals surface area contributed by atoms with Crippen molar-refractivity contribution in [2.75, 3.05) is 26.7 Å². The maximum atomic E-state index is 5.84. The first kappa shape index (κ1) is 10.9. The SMILES string of the molecule is CN(CCc1ccc(Cl)cc1)C1CNC1. The zero-order valence-corrected chi connectivity index (χ0v) is 9.80. The first-order valence-electron chi connectivity index (χ1n) is 5.41. The van der Waals surface area contributed by atoms with E-state index in [1.807, 2.05) is 12.1 Å². The molecule has 1 aromatic rings. The van der Waals surface area contributed by atoms with Crippen LogP contribution in [0.4, 0.5) is 0 Å². The zero-order valence-electron chi connectivity index (χ0n) is 9.04. The molecule has 1 aromatic carbocycles. The molecule has 1 fully saturated rings. The maximum absolute atomic E-state index is 5.84. The fraction of sp³-hybridized carbons (Fsp3) is 0.500. The molecule has 0 amide bonds. The normalized spacial score (nSPS) is 16.7. The van der Waals surface area contributed by atoms with Gasteiger partial charge in [-0.05, 0) is 31.2 Å². The van der Waals surface area contributed by atoms with E-state index >= 15 is 0 Å². The predicted octanol–water partition coefficient (Wildman–Crippen LogP) is 1.79. The van der Waals surface area contributed by atoms with E-state index in [0.717, 1.165) is 37.1 Å². The second-order valence-electron chi connectivity index (χ2n) is 4.17. The Labute approximate surface area is 96.2 Å². The van der Waals surface area contributed by atoms with Crippen molar-refractivity contribution in [2.45, 2.75) is 12.5 Å². The lowest BCUT2D eigenvalue weighted by Crippen LogP contribution is -2.56. The monoisotopic (exact) mass is 224 g/mol. The molecule has 15 heavy (non-hydrogen) atoms. The van der Waals surface area contributed by atoms with Crippen molar-refractivity contribution in [3.63, 3.8) is 0 Å². The smallest absolute Gasteiger partial charge is 0.0406 e. The second kappa shape index (κ2) is 4.97. The summed E-state index contributed by atoms with van der Waals surface area (Å²) in [6.07, 6.45) is 1.10. The molecular formula is C12H17ClN2. The molecule has 0 unspecified atom stereocenters. The van der Waals surface area contributed by atoms with Crippen LogP contribution in [0.15, 0.2) is 24.3 Å². The molecule has 1 aliphatic rings. The molecule has 1 aliphatic heterocycles. The van der Waals surface area contributed by atoms with Gasteiger partial charge in [-0.3, -0.25) is 0 Å². The molecule has 0 atom stereocenters. The standard InChI is InChI=1S/C12H17ClN2/c1-15(12-8-14-9-12)7-6-10-2-4-11(13)5-3-10/h2-5,12,14H,6-9H2,1H3. The second-order valence-corrected chi connectivity index (χ2v) is 4.61. The number of nitrogens with one attached hydrogen (secondary N) is 1. The Balaban J connectivity index is 1.79. The lowest BCUT2D eigenvalue weighted by atomic mass is 10.1. The lowest BCUT2D eigenvalue weighted by Gasteiger charge is -2.35. The van der Waals surface area contributed by atoms with E-state index in [1.54, 1.807) is 0 Å². The lowest BCUT2D eigenvalue weighted by molar-refractivity contribution is 0.182. The van der Waals surface area contributed by atoms with Gasteiger partial charge in [-0.2, -0.15) is 0 Å². The Bertz CT molecular complexity index is 306. The molecule has 0 aliphatic carbocycles. The highest BCUT2D eigenvalue weighted by molar-refractivity contribution is 6.30. The molecule has 0 radical (unpaired) electrons. The highest BCUT2D eigenvalue weighted by Crippen LogP contribution is 2.11. The van der Waals surface area contributed by atoms with Crippen molar-refractivity contribution >= 4 is 11.6 Å². The van der Waals surface area contributed by atoms with Crippen molar-refractivity contribution in [3.8, 4) is 0 Å². The number of hydrogen-bond acceptors (Lipinski definition) is 2. The molecule has 1 heterocycles. The number of nitrogens with zero attached hydrogens (tertiary/aromatic N) is 1. The van der Waals surface area contributed by atoms with Crippen LogP contribution in [-0.2, 0) is 6.42 Å². The van der Waals surface area contributed by atoms with Crippen LogP contribution in [0.5, 0.6) is 0 Å². The highest BCUT2D eigenvalue weighted by Gasteiger charge is 2.20. The van der Waals surface area contributed by atoms with E-state index in [-0.39, 0.29) is 0 Å². The van der Waals surface area contributed by atoms with Crippen LogP contribution in [0.3, 0.4) is 0 Å². The molecule has 2 nitrogen and oxygen atoms in total. The van der Waals surface area contributed by atoms with Gasteiger partial charge in [-0.1, -0.05) is 23.7 Å².